The van der Waals surface area contributed by atoms with E-state index in [1.54, 1.807) is 0 Å². The van der Waals surface area contributed by atoms with Gasteiger partial charge >= 0.3 is 0 Å². The van der Waals surface area contributed by atoms with Gasteiger partial charge in [0, 0.05) is 11.4 Å². The van der Waals surface area contributed by atoms with Gasteiger partial charge in [-0.2, -0.15) is 0 Å². The van der Waals surface area contributed by atoms with E-state index in [0.29, 0.717) is 5.41 Å². The Morgan fingerprint density at radius 3 is 1.48 bits per heavy atom. The van der Waals surface area contributed by atoms with Gasteiger partial charge in [0.1, 0.15) is 0 Å². The predicted octanol–water partition coefficient (Wildman–Crippen LogP) is 8.86. The third-order valence-electron chi connectivity index (χ3n) is 6.15. The van der Waals surface area contributed by atoms with Crippen molar-refractivity contribution in [1.82, 2.24) is 0 Å². The molecule has 1 N–H and O–H groups in total. The van der Waals surface area contributed by atoms with Crippen LogP contribution in [0.1, 0.15) is 92.7 Å². The first-order valence-corrected chi connectivity index (χ1v) is 11.3. The molecule has 0 bridgehead atoms. The van der Waals surface area contributed by atoms with Gasteiger partial charge in [-0.15, -0.1) is 0 Å². The molecule has 2 rings (SSSR count). The minimum atomic E-state index is 0.180. The van der Waals surface area contributed by atoms with Gasteiger partial charge in [-0.25, -0.2) is 0 Å². The molecule has 0 saturated heterocycles. The van der Waals surface area contributed by atoms with E-state index >= 15 is 0 Å². The lowest BCUT2D eigenvalue weighted by Crippen LogP contribution is -2.24. The van der Waals surface area contributed by atoms with Crippen LogP contribution in [0.5, 0.6) is 0 Å². The van der Waals surface area contributed by atoms with E-state index in [4.69, 9.17) is 0 Å². The highest BCUT2D eigenvalue weighted by atomic mass is 14.9. The van der Waals surface area contributed by atoms with Crippen molar-refractivity contribution >= 4 is 11.4 Å². The van der Waals surface area contributed by atoms with Crippen molar-refractivity contribution in [3.05, 3.63) is 59.7 Å². The van der Waals surface area contributed by atoms with Crippen LogP contribution in [0.4, 0.5) is 11.4 Å². The molecule has 0 aliphatic heterocycles. The van der Waals surface area contributed by atoms with E-state index in [9.17, 15) is 0 Å². The highest BCUT2D eigenvalue weighted by Gasteiger charge is 2.27. The van der Waals surface area contributed by atoms with Crippen LogP contribution in [-0.2, 0) is 10.8 Å². The minimum absolute atomic E-state index is 0.180. The summed E-state index contributed by atoms with van der Waals surface area (Å²) in [6, 6.07) is 18.0. The molecule has 1 heteroatoms. The van der Waals surface area contributed by atoms with Crippen LogP contribution >= 0.6 is 0 Å². The van der Waals surface area contributed by atoms with E-state index in [2.05, 4.69) is 116 Å². The molecule has 1 nitrogen and oxygen atoms in total. The van der Waals surface area contributed by atoms with Crippen molar-refractivity contribution in [3.63, 3.8) is 0 Å². The molecule has 0 amide bonds. The van der Waals surface area contributed by atoms with Crippen molar-refractivity contribution in [2.24, 2.45) is 11.3 Å². The van der Waals surface area contributed by atoms with Gasteiger partial charge in [0.15, 0.2) is 0 Å². The molecular weight excluding hydrogens is 350 g/mol. The molecule has 0 spiro atoms. The number of benzene rings is 2. The molecule has 0 heterocycles. The Hall–Kier alpha value is -1.76. The maximum Gasteiger partial charge on any atom is 0.0384 e. The molecule has 0 radical (unpaired) electrons. The topological polar surface area (TPSA) is 12.0 Å². The fraction of sp³-hybridized carbons (Fsp3) is 0.571. The second-order valence-corrected chi connectivity index (χ2v) is 11.5. The maximum absolute atomic E-state index is 3.56. The Labute approximate surface area is 180 Å². The van der Waals surface area contributed by atoms with Crippen molar-refractivity contribution in [3.8, 4) is 0 Å². The van der Waals surface area contributed by atoms with Crippen LogP contribution in [0, 0.1) is 11.3 Å². The number of rotatable bonds is 8. The SMILES string of the molecule is CCC(C)CC(C)(C)c1ccc(Nc2ccc(C(C)(C)CC(C)(C)C)cc2)cc1. The van der Waals surface area contributed by atoms with Gasteiger partial charge in [0.25, 0.3) is 0 Å². The molecule has 0 saturated carbocycles. The maximum atomic E-state index is 3.56. The Bertz CT molecular complexity index is 757. The lowest BCUT2D eigenvalue weighted by atomic mass is 9.72. The van der Waals surface area contributed by atoms with E-state index in [-0.39, 0.29) is 10.8 Å². The average Bonchev–Trinajstić information content (AvgIpc) is 2.60. The molecule has 1 atom stereocenters. The average molecular weight is 394 g/mol. The molecule has 0 fully saturated rings. The molecule has 0 aliphatic carbocycles. The molecule has 2 aromatic carbocycles. The van der Waals surface area contributed by atoms with Crippen LogP contribution < -0.4 is 5.32 Å². The number of nitrogens with one attached hydrogen (secondary N) is 1. The highest BCUT2D eigenvalue weighted by Crippen LogP contribution is 2.37. The van der Waals surface area contributed by atoms with Gasteiger partial charge in [0.2, 0.25) is 0 Å². The van der Waals surface area contributed by atoms with Crippen LogP contribution in [0.2, 0.25) is 0 Å². The summed E-state index contributed by atoms with van der Waals surface area (Å²) in [6.45, 7) is 21.0. The Morgan fingerprint density at radius 2 is 1.10 bits per heavy atom. The monoisotopic (exact) mass is 393 g/mol. The number of hydrogen-bond acceptors (Lipinski definition) is 1. The number of hydrogen-bond donors (Lipinski definition) is 1. The van der Waals surface area contributed by atoms with E-state index < -0.39 is 0 Å². The van der Waals surface area contributed by atoms with Crippen LogP contribution in [-0.4, -0.2) is 0 Å². The van der Waals surface area contributed by atoms with Gasteiger partial charge < -0.3 is 5.32 Å². The predicted molar refractivity (Wildman–Crippen MR) is 130 cm³/mol. The molecule has 160 valence electrons. The minimum Gasteiger partial charge on any atom is -0.356 e. The van der Waals surface area contributed by atoms with Gasteiger partial charge in [0.05, 0.1) is 0 Å². The Kier molecular flexibility index (Phi) is 7.25. The highest BCUT2D eigenvalue weighted by molar-refractivity contribution is 5.60. The lowest BCUT2D eigenvalue weighted by Gasteiger charge is -2.33. The fourth-order valence-corrected chi connectivity index (χ4v) is 4.74. The third-order valence-corrected chi connectivity index (χ3v) is 6.15. The first-order valence-electron chi connectivity index (χ1n) is 11.3. The van der Waals surface area contributed by atoms with Gasteiger partial charge in [-0.1, -0.05) is 93.0 Å². The Morgan fingerprint density at radius 1 is 0.690 bits per heavy atom. The zero-order valence-corrected chi connectivity index (χ0v) is 20.3. The van der Waals surface area contributed by atoms with E-state index in [1.165, 1.54) is 30.4 Å². The molecule has 29 heavy (non-hydrogen) atoms. The third kappa shape index (κ3) is 6.91. The van der Waals surface area contributed by atoms with Crippen molar-refractivity contribution in [2.45, 2.75) is 92.4 Å². The Balaban J connectivity index is 2.07. The summed E-state index contributed by atoms with van der Waals surface area (Å²) in [5, 5.41) is 3.56. The largest absolute Gasteiger partial charge is 0.356 e. The van der Waals surface area contributed by atoms with Crippen molar-refractivity contribution < 1.29 is 0 Å². The zero-order chi connectivity index (χ0) is 21.9. The summed E-state index contributed by atoms with van der Waals surface area (Å²) >= 11 is 0. The van der Waals surface area contributed by atoms with Gasteiger partial charge in [-0.3, -0.25) is 0 Å². The van der Waals surface area contributed by atoms with E-state index in [0.717, 1.165) is 17.3 Å². The fourth-order valence-electron chi connectivity index (χ4n) is 4.74. The summed E-state index contributed by atoms with van der Waals surface area (Å²) < 4.78 is 0. The zero-order valence-electron chi connectivity index (χ0n) is 20.3. The summed E-state index contributed by atoms with van der Waals surface area (Å²) in [4.78, 5) is 0. The summed E-state index contributed by atoms with van der Waals surface area (Å²) in [7, 11) is 0. The smallest absolute Gasteiger partial charge is 0.0384 e. The first kappa shape index (κ1) is 23.5. The molecular formula is C28H43N. The quantitative estimate of drug-likeness (QED) is 0.472. The van der Waals surface area contributed by atoms with E-state index in [1.807, 2.05) is 0 Å². The summed E-state index contributed by atoms with van der Waals surface area (Å²) in [5.74, 6) is 0.754. The van der Waals surface area contributed by atoms with Crippen LogP contribution in [0.3, 0.4) is 0 Å². The molecule has 0 aliphatic rings. The second kappa shape index (κ2) is 8.94. The number of anilines is 2. The first-order chi connectivity index (χ1) is 13.3. The van der Waals surface area contributed by atoms with Crippen LogP contribution in [0.25, 0.3) is 0 Å². The van der Waals surface area contributed by atoms with Crippen LogP contribution in [0.15, 0.2) is 48.5 Å². The molecule has 0 aromatic heterocycles. The standard InChI is InChI=1S/C28H43N/c1-10-21(2)19-27(6,7)22-11-15-24(16-12-22)29-25-17-13-23(14-18-25)28(8,9)20-26(3,4)5/h11-18,21,29H,10,19-20H2,1-9H3. The molecule has 2 aromatic rings. The van der Waals surface area contributed by atoms with Gasteiger partial charge in [-0.05, 0) is 70.4 Å². The molecule has 1 unspecified atom stereocenters. The summed E-state index contributed by atoms with van der Waals surface area (Å²) in [5.41, 5.74) is 5.84. The second-order valence-electron chi connectivity index (χ2n) is 11.5. The summed E-state index contributed by atoms with van der Waals surface area (Å²) in [6.07, 6.45) is 3.63. The lowest BCUT2D eigenvalue weighted by molar-refractivity contribution is 0.284. The van der Waals surface area contributed by atoms with Crippen molar-refractivity contribution in [2.75, 3.05) is 5.32 Å². The normalized spacial score (nSPS) is 14.0. The van der Waals surface area contributed by atoms with Crippen molar-refractivity contribution in [1.29, 1.82) is 0 Å².